The zero-order chi connectivity index (χ0) is 16.3. The maximum atomic E-state index is 12.2. The lowest BCUT2D eigenvalue weighted by Crippen LogP contribution is -2.38. The third-order valence-corrected chi connectivity index (χ3v) is 5.93. The van der Waals surface area contributed by atoms with Gasteiger partial charge in [-0.1, -0.05) is 50.7 Å². The predicted molar refractivity (Wildman–Crippen MR) is 91.2 cm³/mol. The normalized spacial score (nSPS) is 21.8. The Morgan fingerprint density at radius 3 is 2.35 bits per heavy atom. The number of benzene rings is 1. The fourth-order valence-corrected chi connectivity index (χ4v) is 4.54. The van der Waals surface area contributed by atoms with Gasteiger partial charge in [0, 0.05) is 5.56 Å². The van der Waals surface area contributed by atoms with E-state index in [0.717, 1.165) is 43.4 Å². The first kappa shape index (κ1) is 16.4. The minimum Gasteiger partial charge on any atom is -0.496 e. The Balaban J connectivity index is 2.02. The van der Waals surface area contributed by atoms with E-state index in [4.69, 9.17) is 4.74 Å². The minimum absolute atomic E-state index is 0.586. The Bertz CT molecular complexity index is 552. The topological polar surface area (TPSA) is 46.5 Å². The van der Waals surface area contributed by atoms with Crippen LogP contribution in [0.4, 0.5) is 0 Å². The lowest BCUT2D eigenvalue weighted by Gasteiger charge is -2.35. The number of hydrogen-bond donors (Lipinski definition) is 1. The highest BCUT2D eigenvalue weighted by Gasteiger charge is 2.43. The highest BCUT2D eigenvalue weighted by molar-refractivity contribution is 5.82. The van der Waals surface area contributed by atoms with E-state index in [1.807, 2.05) is 6.07 Å². The van der Waals surface area contributed by atoms with E-state index >= 15 is 0 Å². The van der Waals surface area contributed by atoms with Crippen molar-refractivity contribution in [3.63, 3.8) is 0 Å². The number of carboxylic acids is 1. The van der Waals surface area contributed by atoms with Gasteiger partial charge in [0.2, 0.25) is 0 Å². The molecular formula is C20H28O3. The van der Waals surface area contributed by atoms with Gasteiger partial charge in [0.15, 0.2) is 0 Å². The standard InChI is InChI=1S/C20H28O3/c1-23-18-11-10-16(15-8-4-2-5-9-15)14-17(18)20(19(21)22)12-6-3-7-13-20/h10-11,14-15H,2-9,12-13H2,1H3,(H,21,22). The van der Waals surface area contributed by atoms with Crippen LogP contribution in [0.1, 0.15) is 81.3 Å². The van der Waals surface area contributed by atoms with Crippen LogP contribution in [0, 0.1) is 0 Å². The van der Waals surface area contributed by atoms with Crippen molar-refractivity contribution in [2.45, 2.75) is 75.5 Å². The number of ether oxygens (including phenoxy) is 1. The molecule has 0 heterocycles. The van der Waals surface area contributed by atoms with Gasteiger partial charge >= 0.3 is 5.97 Å². The summed E-state index contributed by atoms with van der Waals surface area (Å²) in [5, 5.41) is 10.0. The third-order valence-electron chi connectivity index (χ3n) is 5.93. The van der Waals surface area contributed by atoms with E-state index in [9.17, 15) is 9.90 Å². The zero-order valence-electron chi connectivity index (χ0n) is 14.1. The second kappa shape index (κ2) is 6.94. The SMILES string of the molecule is COc1ccc(C2CCCCC2)cc1C1(C(=O)O)CCCCC1. The largest absolute Gasteiger partial charge is 0.496 e. The summed E-state index contributed by atoms with van der Waals surface area (Å²) >= 11 is 0. The summed E-state index contributed by atoms with van der Waals surface area (Å²) < 4.78 is 5.55. The molecule has 2 aliphatic carbocycles. The molecule has 0 saturated heterocycles. The zero-order valence-corrected chi connectivity index (χ0v) is 14.1. The van der Waals surface area contributed by atoms with Crippen molar-refractivity contribution >= 4 is 5.97 Å². The van der Waals surface area contributed by atoms with Gasteiger partial charge in [-0.3, -0.25) is 4.79 Å². The minimum atomic E-state index is -0.756. The molecule has 0 unspecified atom stereocenters. The molecule has 1 aromatic rings. The number of carbonyl (C=O) groups is 1. The van der Waals surface area contributed by atoms with Crippen molar-refractivity contribution in [2.24, 2.45) is 0 Å². The number of aliphatic carboxylic acids is 1. The molecule has 2 saturated carbocycles. The van der Waals surface area contributed by atoms with E-state index in [1.165, 1.54) is 37.7 Å². The maximum absolute atomic E-state index is 12.2. The van der Waals surface area contributed by atoms with Gasteiger partial charge in [-0.25, -0.2) is 0 Å². The summed E-state index contributed by atoms with van der Waals surface area (Å²) in [4.78, 5) is 12.2. The second-order valence-corrected chi connectivity index (χ2v) is 7.24. The summed E-state index contributed by atoms with van der Waals surface area (Å²) in [6.45, 7) is 0. The summed E-state index contributed by atoms with van der Waals surface area (Å²) in [7, 11) is 1.65. The van der Waals surface area contributed by atoms with Crippen LogP contribution in [0.15, 0.2) is 18.2 Å². The summed E-state index contributed by atoms with van der Waals surface area (Å²) in [6.07, 6.45) is 10.9. The van der Waals surface area contributed by atoms with E-state index in [2.05, 4.69) is 12.1 Å². The molecule has 2 aliphatic rings. The van der Waals surface area contributed by atoms with Crippen molar-refractivity contribution in [3.8, 4) is 5.75 Å². The van der Waals surface area contributed by atoms with Crippen LogP contribution in [0.25, 0.3) is 0 Å². The molecule has 23 heavy (non-hydrogen) atoms. The molecule has 3 heteroatoms. The number of hydrogen-bond acceptors (Lipinski definition) is 2. The van der Waals surface area contributed by atoms with Crippen LogP contribution < -0.4 is 4.74 Å². The van der Waals surface area contributed by atoms with Crippen LogP contribution >= 0.6 is 0 Å². The second-order valence-electron chi connectivity index (χ2n) is 7.24. The first-order valence-corrected chi connectivity index (χ1v) is 9.09. The number of carboxylic acid groups (broad SMARTS) is 1. The molecule has 0 amide bonds. The van der Waals surface area contributed by atoms with E-state index in [-0.39, 0.29) is 0 Å². The first-order valence-electron chi connectivity index (χ1n) is 9.09. The Morgan fingerprint density at radius 2 is 1.74 bits per heavy atom. The maximum Gasteiger partial charge on any atom is 0.314 e. The molecule has 3 nitrogen and oxygen atoms in total. The lowest BCUT2D eigenvalue weighted by molar-refractivity contribution is -0.145. The Kier molecular flexibility index (Phi) is 4.93. The monoisotopic (exact) mass is 316 g/mol. The van der Waals surface area contributed by atoms with Crippen molar-refractivity contribution in [3.05, 3.63) is 29.3 Å². The van der Waals surface area contributed by atoms with Gasteiger partial charge in [-0.05, 0) is 43.2 Å². The van der Waals surface area contributed by atoms with Gasteiger partial charge in [-0.15, -0.1) is 0 Å². The van der Waals surface area contributed by atoms with Crippen LogP contribution in [0.5, 0.6) is 5.75 Å². The van der Waals surface area contributed by atoms with Crippen molar-refractivity contribution < 1.29 is 14.6 Å². The molecule has 126 valence electrons. The van der Waals surface area contributed by atoms with Gasteiger partial charge in [0.25, 0.3) is 0 Å². The smallest absolute Gasteiger partial charge is 0.314 e. The van der Waals surface area contributed by atoms with Crippen LogP contribution in [0.2, 0.25) is 0 Å². The van der Waals surface area contributed by atoms with Gasteiger partial charge in [0.05, 0.1) is 12.5 Å². The average molecular weight is 316 g/mol. The van der Waals surface area contributed by atoms with Crippen molar-refractivity contribution in [1.82, 2.24) is 0 Å². The molecule has 0 radical (unpaired) electrons. The Hall–Kier alpha value is -1.51. The van der Waals surface area contributed by atoms with Gasteiger partial charge < -0.3 is 9.84 Å². The predicted octanol–water partition coefficient (Wildman–Crippen LogP) is 5.03. The molecule has 1 N–H and O–H groups in total. The van der Waals surface area contributed by atoms with Crippen molar-refractivity contribution in [1.29, 1.82) is 0 Å². The third kappa shape index (κ3) is 3.11. The van der Waals surface area contributed by atoms with Gasteiger partial charge in [0.1, 0.15) is 5.75 Å². The fraction of sp³-hybridized carbons (Fsp3) is 0.650. The number of rotatable bonds is 4. The Morgan fingerprint density at radius 1 is 1.09 bits per heavy atom. The molecule has 0 aromatic heterocycles. The van der Waals surface area contributed by atoms with Crippen LogP contribution in [0.3, 0.4) is 0 Å². The van der Waals surface area contributed by atoms with Crippen molar-refractivity contribution in [2.75, 3.05) is 7.11 Å². The molecule has 0 spiro atoms. The molecule has 0 aliphatic heterocycles. The highest BCUT2D eigenvalue weighted by Crippen LogP contribution is 2.45. The Labute approximate surface area is 139 Å². The molecule has 0 bridgehead atoms. The van der Waals surface area contributed by atoms with E-state index in [1.54, 1.807) is 7.11 Å². The van der Waals surface area contributed by atoms with Crippen LogP contribution in [-0.4, -0.2) is 18.2 Å². The molecule has 2 fully saturated rings. The molecule has 1 aromatic carbocycles. The quantitative estimate of drug-likeness (QED) is 0.847. The van der Waals surface area contributed by atoms with Crippen LogP contribution in [-0.2, 0) is 10.2 Å². The highest BCUT2D eigenvalue weighted by atomic mass is 16.5. The molecular weight excluding hydrogens is 288 g/mol. The number of methoxy groups -OCH3 is 1. The van der Waals surface area contributed by atoms with E-state index < -0.39 is 11.4 Å². The molecule has 0 atom stereocenters. The van der Waals surface area contributed by atoms with Gasteiger partial charge in [-0.2, -0.15) is 0 Å². The molecule has 3 rings (SSSR count). The van der Waals surface area contributed by atoms with E-state index in [0.29, 0.717) is 5.92 Å². The lowest BCUT2D eigenvalue weighted by atomic mass is 9.68. The summed E-state index contributed by atoms with van der Waals surface area (Å²) in [5.41, 5.74) is 1.47. The fourth-order valence-electron chi connectivity index (χ4n) is 4.54. The first-order chi connectivity index (χ1) is 11.2. The average Bonchev–Trinajstić information content (AvgIpc) is 2.62. The summed E-state index contributed by atoms with van der Waals surface area (Å²) in [6, 6.07) is 6.31. The summed E-state index contributed by atoms with van der Waals surface area (Å²) in [5.74, 6) is 0.646.